The van der Waals surface area contributed by atoms with Gasteiger partial charge in [0.25, 0.3) is 0 Å². The van der Waals surface area contributed by atoms with Crippen molar-refractivity contribution in [2.24, 2.45) is 17.8 Å². The van der Waals surface area contributed by atoms with Crippen molar-refractivity contribution in [3.05, 3.63) is 0 Å². The fraction of sp³-hybridized carbons (Fsp3) is 0.947. The number of phosphoric acid groups is 2. The molecule has 0 aromatic heterocycles. The van der Waals surface area contributed by atoms with Gasteiger partial charge in [0.2, 0.25) is 0 Å². The molecule has 3 N–H and O–H groups in total. The number of carbonyl (C=O) groups is 4. The van der Waals surface area contributed by atoms with Crippen molar-refractivity contribution in [1.82, 2.24) is 0 Å². The summed E-state index contributed by atoms with van der Waals surface area (Å²) in [6.45, 7) is 11.9. The molecular formula is C76H148O17P2. The standard InChI is InChI=1S/C76H148O17P2/c1-8-9-10-11-12-26-36-43-50-57-73(78)86-63-71(93-76(81)60-53-46-39-32-25-24-29-35-42-49-56-69(6)7)65-90-94(82,83)88-61-70(77)62-89-95(84,85)91-66-72(64-87-74(79)58-51-44-37-30-22-19-18-21-28-34-41-48-55-68(4)5)92-75(80)59-52-45-38-31-23-17-15-13-14-16-20-27-33-40-47-54-67(2)3/h67-72,77H,8-66H2,1-7H3,(H,82,83)(H,84,85)/t70-,71+,72+/m0/s1. The second-order valence-electron chi connectivity index (χ2n) is 28.8. The van der Waals surface area contributed by atoms with Gasteiger partial charge in [0.15, 0.2) is 12.2 Å². The van der Waals surface area contributed by atoms with E-state index in [2.05, 4.69) is 48.5 Å². The minimum Gasteiger partial charge on any atom is -0.462 e. The molecule has 0 aliphatic carbocycles. The highest BCUT2D eigenvalue weighted by Crippen LogP contribution is 2.45. The van der Waals surface area contributed by atoms with Crippen molar-refractivity contribution in [1.29, 1.82) is 0 Å². The van der Waals surface area contributed by atoms with Crippen molar-refractivity contribution >= 4 is 39.5 Å². The second-order valence-corrected chi connectivity index (χ2v) is 31.7. The summed E-state index contributed by atoms with van der Waals surface area (Å²) in [5, 5.41) is 10.6. The molecule has 0 bridgehead atoms. The van der Waals surface area contributed by atoms with E-state index >= 15 is 0 Å². The Morgan fingerprint density at radius 2 is 0.484 bits per heavy atom. The number of rotatable bonds is 74. The molecule has 0 spiro atoms. The Morgan fingerprint density at radius 3 is 0.716 bits per heavy atom. The van der Waals surface area contributed by atoms with Gasteiger partial charge in [-0.3, -0.25) is 37.3 Å². The van der Waals surface area contributed by atoms with Gasteiger partial charge in [-0.05, 0) is 43.4 Å². The third-order valence-electron chi connectivity index (χ3n) is 17.6. The molecule has 0 heterocycles. The lowest BCUT2D eigenvalue weighted by atomic mass is 10.0. The van der Waals surface area contributed by atoms with Crippen LogP contribution < -0.4 is 0 Å². The SMILES string of the molecule is CCCCCCCCCCCC(=O)OC[C@H](COP(=O)(O)OC[C@H](O)COP(=O)(O)OC[C@@H](COC(=O)CCCCCCCCCCCCCCC(C)C)OC(=O)CCCCCCCCCCCCCCCCCC(C)C)OC(=O)CCCCCCCCCCCCC(C)C. The smallest absolute Gasteiger partial charge is 0.462 e. The van der Waals surface area contributed by atoms with E-state index in [1.807, 2.05) is 0 Å². The van der Waals surface area contributed by atoms with Crippen LogP contribution in [-0.4, -0.2) is 96.7 Å². The van der Waals surface area contributed by atoms with Crippen LogP contribution in [0, 0.1) is 17.8 Å². The summed E-state index contributed by atoms with van der Waals surface area (Å²) in [7, 11) is -9.91. The zero-order valence-electron chi connectivity index (χ0n) is 62.1. The molecule has 0 amide bonds. The quantitative estimate of drug-likeness (QED) is 0.0222. The van der Waals surface area contributed by atoms with E-state index in [9.17, 15) is 43.2 Å². The summed E-state index contributed by atoms with van der Waals surface area (Å²) in [6.07, 6.45) is 52.7. The third-order valence-corrected chi connectivity index (χ3v) is 19.5. The molecule has 0 aliphatic heterocycles. The van der Waals surface area contributed by atoms with Gasteiger partial charge in [0.05, 0.1) is 26.4 Å². The number of unbranched alkanes of at least 4 members (excludes halogenated alkanes) is 42. The summed E-state index contributed by atoms with van der Waals surface area (Å²) >= 11 is 0. The predicted octanol–water partition coefficient (Wildman–Crippen LogP) is 22.2. The van der Waals surface area contributed by atoms with Crippen LogP contribution in [-0.2, 0) is 65.4 Å². The van der Waals surface area contributed by atoms with Gasteiger partial charge >= 0.3 is 39.5 Å². The van der Waals surface area contributed by atoms with Crippen LogP contribution in [0.4, 0.5) is 0 Å². The summed E-state index contributed by atoms with van der Waals surface area (Å²) in [5.41, 5.74) is 0. The molecule has 95 heavy (non-hydrogen) atoms. The molecule has 0 fully saturated rings. The van der Waals surface area contributed by atoms with Crippen LogP contribution in [0.25, 0.3) is 0 Å². The number of carbonyl (C=O) groups excluding carboxylic acids is 4. The highest BCUT2D eigenvalue weighted by atomic mass is 31.2. The summed E-state index contributed by atoms with van der Waals surface area (Å²) in [6, 6.07) is 0. The summed E-state index contributed by atoms with van der Waals surface area (Å²) < 4.78 is 68.5. The Morgan fingerprint density at radius 1 is 0.284 bits per heavy atom. The monoisotopic (exact) mass is 1400 g/mol. The number of hydrogen-bond acceptors (Lipinski definition) is 15. The van der Waals surface area contributed by atoms with Gasteiger partial charge in [0.1, 0.15) is 19.3 Å². The Balaban J connectivity index is 5.23. The predicted molar refractivity (Wildman–Crippen MR) is 386 cm³/mol. The molecule has 0 rings (SSSR count). The molecular weight excluding hydrogens is 1250 g/mol. The molecule has 564 valence electrons. The number of ether oxygens (including phenoxy) is 4. The van der Waals surface area contributed by atoms with Crippen LogP contribution >= 0.6 is 15.6 Å². The van der Waals surface area contributed by atoms with Crippen molar-refractivity contribution in [3.63, 3.8) is 0 Å². The molecule has 19 heteroatoms. The maximum Gasteiger partial charge on any atom is 0.472 e. The normalized spacial score (nSPS) is 14.1. The number of aliphatic hydroxyl groups excluding tert-OH is 1. The van der Waals surface area contributed by atoms with Crippen molar-refractivity contribution < 1.29 is 80.2 Å². The molecule has 2 unspecified atom stereocenters. The molecule has 0 saturated carbocycles. The first-order valence-electron chi connectivity index (χ1n) is 39.3. The van der Waals surface area contributed by atoms with Gasteiger partial charge in [-0.15, -0.1) is 0 Å². The van der Waals surface area contributed by atoms with Gasteiger partial charge in [0, 0.05) is 25.7 Å². The Labute approximate surface area is 581 Å². The fourth-order valence-electron chi connectivity index (χ4n) is 11.6. The molecule has 0 radical (unpaired) electrons. The molecule has 5 atom stereocenters. The average molecular weight is 1400 g/mol. The Hall–Kier alpha value is -1.94. The van der Waals surface area contributed by atoms with Crippen LogP contribution in [0.2, 0.25) is 0 Å². The number of phosphoric ester groups is 2. The van der Waals surface area contributed by atoms with E-state index in [1.54, 1.807) is 0 Å². The first-order chi connectivity index (χ1) is 45.7. The summed E-state index contributed by atoms with van der Waals surface area (Å²) in [5.74, 6) is 0.218. The lowest BCUT2D eigenvalue weighted by Gasteiger charge is -2.21. The van der Waals surface area contributed by atoms with Crippen molar-refractivity contribution in [3.8, 4) is 0 Å². The largest absolute Gasteiger partial charge is 0.472 e. The van der Waals surface area contributed by atoms with Crippen LogP contribution in [0.15, 0.2) is 0 Å². The van der Waals surface area contributed by atoms with Gasteiger partial charge < -0.3 is 33.8 Å². The van der Waals surface area contributed by atoms with Gasteiger partial charge in [-0.2, -0.15) is 0 Å². The lowest BCUT2D eigenvalue weighted by molar-refractivity contribution is -0.161. The molecule has 0 aliphatic rings. The van der Waals surface area contributed by atoms with Crippen LogP contribution in [0.1, 0.15) is 389 Å². The van der Waals surface area contributed by atoms with Crippen LogP contribution in [0.3, 0.4) is 0 Å². The first kappa shape index (κ1) is 93.1. The lowest BCUT2D eigenvalue weighted by Crippen LogP contribution is -2.30. The van der Waals surface area contributed by atoms with Crippen molar-refractivity contribution in [2.45, 2.75) is 407 Å². The highest BCUT2D eigenvalue weighted by Gasteiger charge is 2.30. The molecule has 0 saturated heterocycles. The maximum atomic E-state index is 13.1. The topological polar surface area (TPSA) is 237 Å². The van der Waals surface area contributed by atoms with E-state index < -0.39 is 97.5 Å². The Kier molecular flexibility index (Phi) is 65.2. The summed E-state index contributed by atoms with van der Waals surface area (Å²) in [4.78, 5) is 72.8. The van der Waals surface area contributed by atoms with E-state index in [0.717, 1.165) is 108 Å². The number of esters is 4. The van der Waals surface area contributed by atoms with Gasteiger partial charge in [-0.25, -0.2) is 9.13 Å². The highest BCUT2D eigenvalue weighted by molar-refractivity contribution is 7.47. The third kappa shape index (κ3) is 70.3. The molecule has 0 aromatic rings. The Bertz CT molecular complexity index is 1850. The van der Waals surface area contributed by atoms with E-state index in [-0.39, 0.29) is 25.7 Å². The maximum absolute atomic E-state index is 13.1. The molecule has 17 nitrogen and oxygen atoms in total. The second kappa shape index (κ2) is 66.6. The van der Waals surface area contributed by atoms with E-state index in [0.29, 0.717) is 25.7 Å². The fourth-order valence-corrected chi connectivity index (χ4v) is 13.2. The average Bonchev–Trinajstić information content (AvgIpc) is 1.62. The van der Waals surface area contributed by atoms with E-state index in [4.69, 9.17) is 37.0 Å². The van der Waals surface area contributed by atoms with Crippen LogP contribution in [0.5, 0.6) is 0 Å². The van der Waals surface area contributed by atoms with E-state index in [1.165, 1.54) is 199 Å². The number of hydrogen-bond donors (Lipinski definition) is 3. The number of aliphatic hydroxyl groups is 1. The minimum atomic E-state index is -4.96. The zero-order valence-corrected chi connectivity index (χ0v) is 63.9. The zero-order chi connectivity index (χ0) is 70.1. The van der Waals surface area contributed by atoms with Gasteiger partial charge in [-0.1, -0.05) is 337 Å². The minimum absolute atomic E-state index is 0.106. The first-order valence-corrected chi connectivity index (χ1v) is 42.3. The molecule has 0 aromatic carbocycles. The van der Waals surface area contributed by atoms with Crippen molar-refractivity contribution in [2.75, 3.05) is 39.6 Å².